The molecule has 0 N–H and O–H groups in total. The lowest BCUT2D eigenvalue weighted by Crippen LogP contribution is -2.05. The number of nitrogens with zero attached hydrogens (tertiary/aromatic N) is 2. The zero-order valence-electron chi connectivity index (χ0n) is 13.3. The Balaban J connectivity index is 2.10. The van der Waals surface area contributed by atoms with Crippen LogP contribution in [0.2, 0.25) is 0 Å². The Kier molecular flexibility index (Phi) is 5.94. The molecule has 0 amide bonds. The largest absolute Gasteiger partial charge is 0.462 e. The molecule has 2 rings (SSSR count). The summed E-state index contributed by atoms with van der Waals surface area (Å²) < 4.78 is 10.7. The predicted molar refractivity (Wildman–Crippen MR) is 88.5 cm³/mol. The van der Waals surface area contributed by atoms with Crippen molar-refractivity contribution in [1.82, 2.24) is 0 Å². The van der Waals surface area contributed by atoms with Crippen molar-refractivity contribution in [3.63, 3.8) is 0 Å². The van der Waals surface area contributed by atoms with E-state index in [4.69, 9.17) is 19.7 Å². The molecule has 2 aromatic rings. The number of carbonyl (C=O) groups excluding carboxylic acids is 1. The van der Waals surface area contributed by atoms with Gasteiger partial charge in [0.15, 0.2) is 0 Å². The molecule has 5 nitrogen and oxygen atoms in total. The van der Waals surface area contributed by atoms with E-state index in [0.29, 0.717) is 23.7 Å². The number of furan rings is 1. The first-order valence-electron chi connectivity index (χ1n) is 7.57. The minimum atomic E-state index is -0.342. The molecule has 0 atom stereocenters. The number of allylic oxidation sites excluding steroid dienone is 1. The highest BCUT2D eigenvalue weighted by Crippen LogP contribution is 2.24. The van der Waals surface area contributed by atoms with E-state index in [2.05, 4.69) is 0 Å². The van der Waals surface area contributed by atoms with Crippen LogP contribution in [0.4, 0.5) is 0 Å². The van der Waals surface area contributed by atoms with E-state index in [-0.39, 0.29) is 11.5 Å². The quantitative estimate of drug-likeness (QED) is 0.449. The van der Waals surface area contributed by atoms with Crippen molar-refractivity contribution in [1.29, 1.82) is 10.5 Å². The molecule has 0 aliphatic heterocycles. The van der Waals surface area contributed by atoms with Gasteiger partial charge in [0.1, 0.15) is 29.2 Å². The summed E-state index contributed by atoms with van der Waals surface area (Å²) in [7, 11) is 0. The fraction of sp³-hybridized carbons (Fsp3) is 0.211. The third-order valence-corrected chi connectivity index (χ3v) is 3.29. The highest BCUT2D eigenvalue weighted by Gasteiger charge is 2.09. The summed E-state index contributed by atoms with van der Waals surface area (Å²) in [5.74, 6) is 0.666. The number of benzene rings is 1. The topological polar surface area (TPSA) is 87.0 Å². The molecule has 120 valence electrons. The highest BCUT2D eigenvalue weighted by atomic mass is 16.5. The monoisotopic (exact) mass is 320 g/mol. The molecular weight excluding hydrogens is 304 g/mol. The number of hydrogen-bond acceptors (Lipinski definition) is 5. The van der Waals surface area contributed by atoms with E-state index in [9.17, 15) is 4.79 Å². The van der Waals surface area contributed by atoms with Gasteiger partial charge in [-0.05, 0) is 30.7 Å². The molecule has 0 saturated heterocycles. The number of unbranched alkanes of at least 4 members (excludes halogenated alkanes) is 1. The Labute approximate surface area is 140 Å². The summed E-state index contributed by atoms with van der Waals surface area (Å²) in [6.45, 7) is 2.46. The molecule has 1 heterocycles. The Bertz CT molecular complexity index is 802. The summed E-state index contributed by atoms with van der Waals surface area (Å²) in [5.41, 5.74) is 1.24. The number of rotatable bonds is 6. The van der Waals surface area contributed by atoms with E-state index in [1.54, 1.807) is 48.5 Å². The lowest BCUT2D eigenvalue weighted by molar-refractivity contribution is 0.0500. The summed E-state index contributed by atoms with van der Waals surface area (Å²) >= 11 is 0. The number of hydrogen-bond donors (Lipinski definition) is 0. The second-order valence-electron chi connectivity index (χ2n) is 5.05. The molecule has 0 radical (unpaired) electrons. The van der Waals surface area contributed by atoms with Crippen LogP contribution in [0, 0.1) is 22.7 Å². The summed E-state index contributed by atoms with van der Waals surface area (Å²) in [4.78, 5) is 11.8. The van der Waals surface area contributed by atoms with Gasteiger partial charge in [-0.2, -0.15) is 10.5 Å². The Morgan fingerprint density at radius 3 is 2.50 bits per heavy atom. The second kappa shape index (κ2) is 8.36. The second-order valence-corrected chi connectivity index (χ2v) is 5.05. The van der Waals surface area contributed by atoms with Crippen LogP contribution < -0.4 is 0 Å². The summed E-state index contributed by atoms with van der Waals surface area (Å²) in [5, 5.41) is 17.5. The van der Waals surface area contributed by atoms with Gasteiger partial charge in [0.25, 0.3) is 0 Å². The first kappa shape index (κ1) is 17.1. The molecule has 5 heteroatoms. The van der Waals surface area contributed by atoms with Gasteiger partial charge in [-0.15, -0.1) is 0 Å². The molecule has 24 heavy (non-hydrogen) atoms. The first-order chi connectivity index (χ1) is 11.7. The van der Waals surface area contributed by atoms with Crippen molar-refractivity contribution in [3.8, 4) is 23.5 Å². The third-order valence-electron chi connectivity index (χ3n) is 3.29. The maximum absolute atomic E-state index is 11.8. The average Bonchev–Trinajstić information content (AvgIpc) is 3.08. The first-order valence-corrected chi connectivity index (χ1v) is 7.57. The van der Waals surface area contributed by atoms with Gasteiger partial charge >= 0.3 is 5.97 Å². The molecule has 0 fully saturated rings. The van der Waals surface area contributed by atoms with E-state index in [1.165, 1.54) is 6.08 Å². The normalized spacial score (nSPS) is 9.62. The Hall–Kier alpha value is -3.31. The van der Waals surface area contributed by atoms with Crippen molar-refractivity contribution in [2.45, 2.75) is 19.8 Å². The molecule has 0 aliphatic rings. The number of esters is 1. The van der Waals surface area contributed by atoms with Gasteiger partial charge in [-0.25, -0.2) is 4.79 Å². The van der Waals surface area contributed by atoms with E-state index >= 15 is 0 Å². The van der Waals surface area contributed by atoms with E-state index in [1.807, 2.05) is 6.92 Å². The molecular formula is C19H16N2O3. The van der Waals surface area contributed by atoms with Crippen LogP contribution in [0.3, 0.4) is 0 Å². The minimum Gasteiger partial charge on any atom is -0.462 e. The van der Waals surface area contributed by atoms with Crippen LogP contribution in [0.25, 0.3) is 17.4 Å². The zero-order chi connectivity index (χ0) is 17.4. The fourth-order valence-corrected chi connectivity index (χ4v) is 1.98. The predicted octanol–water partition coefficient (Wildman–Crippen LogP) is 4.33. The highest BCUT2D eigenvalue weighted by molar-refractivity contribution is 5.90. The van der Waals surface area contributed by atoms with E-state index in [0.717, 1.165) is 18.4 Å². The van der Waals surface area contributed by atoms with Crippen molar-refractivity contribution in [2.75, 3.05) is 6.61 Å². The van der Waals surface area contributed by atoms with Crippen molar-refractivity contribution in [2.24, 2.45) is 0 Å². The molecule has 0 spiro atoms. The smallest absolute Gasteiger partial charge is 0.338 e. The Morgan fingerprint density at radius 2 is 1.88 bits per heavy atom. The SMILES string of the molecule is CCCCOC(=O)c1ccc(-c2ccc(C=C(C#N)C#N)o2)cc1. The van der Waals surface area contributed by atoms with Crippen LogP contribution in [0.5, 0.6) is 0 Å². The molecule has 0 saturated carbocycles. The van der Waals surface area contributed by atoms with Crippen molar-refractivity contribution >= 4 is 12.0 Å². The van der Waals surface area contributed by atoms with Crippen LogP contribution in [-0.2, 0) is 4.74 Å². The third kappa shape index (κ3) is 4.34. The minimum absolute atomic E-state index is 0.0268. The summed E-state index contributed by atoms with van der Waals surface area (Å²) in [6.07, 6.45) is 3.20. The van der Waals surface area contributed by atoms with Crippen molar-refractivity contribution in [3.05, 3.63) is 53.3 Å². The maximum atomic E-state index is 11.8. The number of carbonyl (C=O) groups is 1. The molecule has 1 aromatic carbocycles. The Morgan fingerprint density at radius 1 is 1.17 bits per heavy atom. The molecule has 0 unspecified atom stereocenters. The van der Waals surface area contributed by atoms with Crippen LogP contribution in [0.15, 0.2) is 46.4 Å². The number of ether oxygens (including phenoxy) is 1. The lowest BCUT2D eigenvalue weighted by atomic mass is 10.1. The van der Waals surface area contributed by atoms with E-state index < -0.39 is 0 Å². The number of nitriles is 2. The molecule has 0 bridgehead atoms. The standard InChI is InChI=1S/C19H16N2O3/c1-2-3-10-23-19(22)16-6-4-15(5-7-16)18-9-8-17(24-18)11-14(12-20)13-21/h4-9,11H,2-3,10H2,1H3. The van der Waals surface area contributed by atoms with Gasteiger partial charge < -0.3 is 9.15 Å². The molecule has 1 aromatic heterocycles. The van der Waals surface area contributed by atoms with Crippen LogP contribution in [0.1, 0.15) is 35.9 Å². The van der Waals surface area contributed by atoms with Gasteiger partial charge in [-0.1, -0.05) is 25.5 Å². The van der Waals surface area contributed by atoms with Crippen LogP contribution >= 0.6 is 0 Å². The van der Waals surface area contributed by atoms with Gasteiger partial charge in [-0.3, -0.25) is 0 Å². The fourth-order valence-electron chi connectivity index (χ4n) is 1.98. The van der Waals surface area contributed by atoms with Crippen molar-refractivity contribution < 1.29 is 13.9 Å². The van der Waals surface area contributed by atoms with Gasteiger partial charge in [0.05, 0.1) is 12.2 Å². The summed E-state index contributed by atoms with van der Waals surface area (Å²) in [6, 6.07) is 13.9. The zero-order valence-corrected chi connectivity index (χ0v) is 13.3. The molecule has 0 aliphatic carbocycles. The van der Waals surface area contributed by atoms with Gasteiger partial charge in [0.2, 0.25) is 0 Å². The lowest BCUT2D eigenvalue weighted by Gasteiger charge is -2.04. The average molecular weight is 320 g/mol. The van der Waals surface area contributed by atoms with Crippen LogP contribution in [-0.4, -0.2) is 12.6 Å². The van der Waals surface area contributed by atoms with Gasteiger partial charge in [0, 0.05) is 11.6 Å². The maximum Gasteiger partial charge on any atom is 0.338 e.